The Morgan fingerprint density at radius 1 is 0.508 bits per heavy atom. The molecule has 0 spiro atoms. The Hall–Kier alpha value is -4.01. The van der Waals surface area contributed by atoms with Crippen LogP contribution in [0.3, 0.4) is 0 Å². The van der Waals surface area contributed by atoms with Crippen molar-refractivity contribution in [2.75, 3.05) is 41.0 Å². The number of aliphatic carboxylic acids is 1. The van der Waals surface area contributed by atoms with Crippen LogP contribution in [0.4, 0.5) is 0 Å². The smallest absolute Gasteiger partial charge is 0.306 e. The fraction of sp³-hybridized carbons (Fsp3) is 0.604. The average Bonchev–Trinajstić information content (AvgIpc) is 3.22. The van der Waals surface area contributed by atoms with Crippen LogP contribution in [-0.4, -0.2) is 75.5 Å². The number of unbranched alkanes of at least 4 members (excludes halogenated alkanes) is 8. The summed E-state index contributed by atoms with van der Waals surface area (Å²) in [5.41, 5.74) is 0. The molecule has 0 saturated heterocycles. The summed E-state index contributed by atoms with van der Waals surface area (Å²) >= 11 is 0. The monoisotopic (exact) mass is 848 g/mol. The number of likely N-dealkylation sites (N-methyl/N-ethyl adjacent to an activating group) is 1. The van der Waals surface area contributed by atoms with Crippen molar-refractivity contribution in [2.24, 2.45) is 0 Å². The average molecular weight is 848 g/mol. The van der Waals surface area contributed by atoms with Gasteiger partial charge in [0.05, 0.1) is 40.3 Å². The maximum absolute atomic E-state index is 12.7. The molecule has 2 unspecified atom stereocenters. The fourth-order valence-electron chi connectivity index (χ4n) is 6.03. The van der Waals surface area contributed by atoms with E-state index in [0.29, 0.717) is 12.8 Å². The maximum atomic E-state index is 12.7. The minimum atomic E-state index is -1.14. The highest BCUT2D eigenvalue weighted by molar-refractivity contribution is 5.70. The van der Waals surface area contributed by atoms with Gasteiger partial charge in [-0.25, -0.2) is 0 Å². The van der Waals surface area contributed by atoms with Gasteiger partial charge in [-0.05, 0) is 96.3 Å². The second kappa shape index (κ2) is 42.7. The quantitative estimate of drug-likeness (QED) is 0.0262. The Bertz CT molecular complexity index is 1360. The van der Waals surface area contributed by atoms with Crippen molar-refractivity contribution in [3.8, 4) is 0 Å². The Kier molecular flexibility index (Phi) is 39.9. The normalized spacial score (nSPS) is 13.9. The lowest BCUT2D eigenvalue weighted by Crippen LogP contribution is -2.55. The predicted octanol–water partition coefficient (Wildman–Crippen LogP) is 11.9. The van der Waals surface area contributed by atoms with E-state index in [1.807, 2.05) is 0 Å². The van der Waals surface area contributed by atoms with Gasteiger partial charge in [0.1, 0.15) is 12.6 Å². The molecule has 0 aromatic rings. The van der Waals surface area contributed by atoms with Crippen LogP contribution in [-0.2, 0) is 28.6 Å². The number of carboxylic acid groups (broad SMARTS) is 1. The number of allylic oxidation sites excluding steroid dienone is 18. The van der Waals surface area contributed by atoms with E-state index in [4.69, 9.17) is 14.2 Å². The van der Waals surface area contributed by atoms with Crippen LogP contribution in [0.15, 0.2) is 109 Å². The van der Waals surface area contributed by atoms with Crippen molar-refractivity contribution in [1.82, 2.24) is 0 Å². The number of rotatable bonds is 40. The molecule has 0 aliphatic rings. The third kappa shape index (κ3) is 41.1. The van der Waals surface area contributed by atoms with Gasteiger partial charge in [-0.15, -0.1) is 0 Å². The molecule has 0 saturated carbocycles. The first kappa shape index (κ1) is 57.0. The zero-order valence-corrected chi connectivity index (χ0v) is 39.0. The number of quaternary nitrogens is 1. The van der Waals surface area contributed by atoms with E-state index in [0.717, 1.165) is 89.9 Å². The molecular weight excluding hydrogens is 763 g/mol. The fourth-order valence-corrected chi connectivity index (χ4v) is 6.03. The van der Waals surface area contributed by atoms with Crippen LogP contribution in [0.25, 0.3) is 0 Å². The van der Waals surface area contributed by atoms with Crippen molar-refractivity contribution in [1.29, 1.82) is 0 Å². The molecule has 61 heavy (non-hydrogen) atoms. The molecule has 0 N–H and O–H groups in total. The minimum absolute atomic E-state index is 0.00288. The molecule has 0 aromatic heterocycles. The molecule has 0 radical (unpaired) electrons. The number of esters is 2. The standard InChI is InChI=1S/C53H85NO7/c1-6-8-10-12-14-16-18-20-22-24-25-26-28-29-31-33-35-37-39-41-43-51(55)60-48-49(47-59-46-45-50(53(57)58)54(3,4)5)61-52(56)44-42-40-38-36-34-32-30-27-23-21-19-17-15-13-11-9-7-2/h8,10,14-17,20-23,25-26,29-32,36,38,49-50H,6-7,9,11-13,18-19,24,27-28,33-35,37,39-48H2,1-5H3/b10-8+,16-14+,17-15+,22-20+,23-21+,26-25+,31-29+,32-30+,38-36+. The van der Waals surface area contributed by atoms with E-state index in [1.54, 1.807) is 21.1 Å². The topological polar surface area (TPSA) is 102 Å². The lowest BCUT2D eigenvalue weighted by atomic mass is 10.1. The number of nitrogens with zero attached hydrogens (tertiary/aromatic N) is 1. The van der Waals surface area contributed by atoms with E-state index >= 15 is 0 Å². The van der Waals surface area contributed by atoms with Crippen molar-refractivity contribution in [3.63, 3.8) is 0 Å². The van der Waals surface area contributed by atoms with E-state index < -0.39 is 18.1 Å². The summed E-state index contributed by atoms with van der Waals surface area (Å²) in [4.78, 5) is 36.9. The lowest BCUT2D eigenvalue weighted by molar-refractivity contribution is -0.889. The van der Waals surface area contributed by atoms with Crippen molar-refractivity contribution in [3.05, 3.63) is 109 Å². The maximum Gasteiger partial charge on any atom is 0.306 e. The largest absolute Gasteiger partial charge is 0.544 e. The van der Waals surface area contributed by atoms with Crippen LogP contribution in [0.5, 0.6) is 0 Å². The third-order valence-corrected chi connectivity index (χ3v) is 9.64. The number of carbonyl (C=O) groups is 3. The second-order valence-electron chi connectivity index (χ2n) is 16.3. The molecule has 0 heterocycles. The SMILES string of the molecule is CC/C=C/C/C=C/C/C=C/C/C=C/C/C=C/CCCCCCC(=O)OCC(COCCC(C(=O)[O-])[N+](C)(C)C)OC(=O)CCC/C=C/C/C=C/C/C=C/C/C=C/CCCCC. The Morgan fingerprint density at radius 3 is 1.39 bits per heavy atom. The van der Waals surface area contributed by atoms with Gasteiger partial charge in [0.2, 0.25) is 0 Å². The van der Waals surface area contributed by atoms with Crippen LogP contribution in [0, 0.1) is 0 Å². The molecule has 0 aliphatic heterocycles. The molecule has 344 valence electrons. The number of carbonyl (C=O) groups excluding carboxylic acids is 3. The highest BCUT2D eigenvalue weighted by Gasteiger charge is 2.25. The summed E-state index contributed by atoms with van der Waals surface area (Å²) in [6.07, 6.45) is 58.3. The number of hydrogen-bond donors (Lipinski definition) is 0. The van der Waals surface area contributed by atoms with Gasteiger partial charge < -0.3 is 28.6 Å². The Labute approximate surface area is 372 Å². The summed E-state index contributed by atoms with van der Waals surface area (Å²) in [7, 11) is 5.37. The Morgan fingerprint density at radius 2 is 0.934 bits per heavy atom. The summed E-state index contributed by atoms with van der Waals surface area (Å²) in [6, 6.07) is -0.747. The van der Waals surface area contributed by atoms with Gasteiger partial charge in [-0.1, -0.05) is 149 Å². The highest BCUT2D eigenvalue weighted by Crippen LogP contribution is 2.11. The molecule has 0 rings (SSSR count). The zero-order chi connectivity index (χ0) is 44.9. The van der Waals surface area contributed by atoms with E-state index in [2.05, 4.69) is 123 Å². The van der Waals surface area contributed by atoms with Crippen LogP contribution in [0.1, 0.15) is 155 Å². The number of ether oxygens (including phenoxy) is 3. The van der Waals surface area contributed by atoms with Crippen LogP contribution >= 0.6 is 0 Å². The second-order valence-corrected chi connectivity index (χ2v) is 16.3. The number of hydrogen-bond acceptors (Lipinski definition) is 7. The number of carboxylic acids is 1. The molecule has 0 amide bonds. The molecule has 8 nitrogen and oxygen atoms in total. The van der Waals surface area contributed by atoms with Crippen LogP contribution in [0.2, 0.25) is 0 Å². The van der Waals surface area contributed by atoms with Gasteiger partial charge in [-0.2, -0.15) is 0 Å². The summed E-state index contributed by atoms with van der Waals surface area (Å²) in [5.74, 6) is -1.86. The van der Waals surface area contributed by atoms with Gasteiger partial charge >= 0.3 is 11.9 Å². The first-order chi connectivity index (χ1) is 29.6. The minimum Gasteiger partial charge on any atom is -0.544 e. The lowest BCUT2D eigenvalue weighted by Gasteiger charge is -2.34. The summed E-state index contributed by atoms with van der Waals surface area (Å²) < 4.78 is 17.1. The zero-order valence-electron chi connectivity index (χ0n) is 39.0. The molecule has 8 heteroatoms. The van der Waals surface area contributed by atoms with Gasteiger partial charge in [0, 0.05) is 19.3 Å². The first-order valence-electron chi connectivity index (χ1n) is 23.4. The van der Waals surface area contributed by atoms with Crippen molar-refractivity contribution in [2.45, 2.75) is 167 Å². The highest BCUT2D eigenvalue weighted by atomic mass is 16.6. The molecule has 2 atom stereocenters. The van der Waals surface area contributed by atoms with Crippen molar-refractivity contribution >= 4 is 17.9 Å². The van der Waals surface area contributed by atoms with Gasteiger partial charge in [-0.3, -0.25) is 9.59 Å². The van der Waals surface area contributed by atoms with E-state index in [1.165, 1.54) is 25.7 Å². The summed E-state index contributed by atoms with van der Waals surface area (Å²) in [6.45, 7) is 4.41. The van der Waals surface area contributed by atoms with Crippen molar-refractivity contribution < 1.29 is 38.2 Å². The van der Waals surface area contributed by atoms with E-state index in [9.17, 15) is 19.5 Å². The molecular formula is C53H85NO7. The summed E-state index contributed by atoms with van der Waals surface area (Å²) in [5, 5.41) is 11.6. The van der Waals surface area contributed by atoms with Gasteiger partial charge in [0.15, 0.2) is 6.10 Å². The third-order valence-electron chi connectivity index (χ3n) is 9.64. The predicted molar refractivity (Wildman–Crippen MR) is 254 cm³/mol. The molecule has 0 aromatic carbocycles. The molecule has 0 aliphatic carbocycles. The molecule has 0 fully saturated rings. The van der Waals surface area contributed by atoms with Gasteiger partial charge in [0.25, 0.3) is 0 Å². The first-order valence-corrected chi connectivity index (χ1v) is 23.4. The molecule has 0 bridgehead atoms. The van der Waals surface area contributed by atoms with Crippen LogP contribution < -0.4 is 5.11 Å². The Balaban J connectivity index is 4.47. The van der Waals surface area contributed by atoms with E-state index in [-0.39, 0.29) is 49.1 Å².